The Morgan fingerprint density at radius 3 is 2.14 bits per heavy atom. The summed E-state index contributed by atoms with van der Waals surface area (Å²) in [5, 5.41) is 4.59. The molecule has 0 aliphatic carbocycles. The lowest BCUT2D eigenvalue weighted by Gasteiger charge is -2.12. The highest BCUT2D eigenvalue weighted by Crippen LogP contribution is 2.34. The van der Waals surface area contributed by atoms with Crippen LogP contribution in [0.4, 0.5) is 0 Å². The van der Waals surface area contributed by atoms with Gasteiger partial charge < -0.3 is 4.74 Å². The number of fused-ring (bicyclic) bond motifs is 2. The minimum absolute atomic E-state index is 0.638. The van der Waals surface area contributed by atoms with Crippen LogP contribution < -0.4 is 4.74 Å². The third kappa shape index (κ3) is 2.99. The maximum absolute atomic E-state index is 6.10. The zero-order valence-electron chi connectivity index (χ0n) is 15.6. The number of para-hydroxylation sites is 1. The van der Waals surface area contributed by atoms with Crippen molar-refractivity contribution in [1.82, 2.24) is 4.98 Å². The van der Waals surface area contributed by atoms with Crippen molar-refractivity contribution in [2.24, 2.45) is 0 Å². The highest BCUT2D eigenvalue weighted by Gasteiger charge is 2.10. The molecule has 28 heavy (non-hydrogen) atoms. The molecule has 0 aliphatic rings. The average molecular weight is 361 g/mol. The molecule has 134 valence electrons. The van der Waals surface area contributed by atoms with Gasteiger partial charge in [-0.05, 0) is 70.1 Å². The third-order valence-corrected chi connectivity index (χ3v) is 5.07. The number of rotatable bonds is 3. The van der Waals surface area contributed by atoms with Crippen LogP contribution in [0.5, 0.6) is 11.6 Å². The van der Waals surface area contributed by atoms with E-state index in [9.17, 15) is 0 Å². The number of hydrogen-bond donors (Lipinski definition) is 0. The maximum Gasteiger partial charge on any atom is 0.227 e. The van der Waals surface area contributed by atoms with Crippen molar-refractivity contribution in [2.75, 3.05) is 0 Å². The largest absolute Gasteiger partial charge is 0.438 e. The number of pyridine rings is 1. The molecule has 0 amide bonds. The molecule has 0 unspecified atom stereocenters. The summed E-state index contributed by atoms with van der Waals surface area (Å²) in [4.78, 5) is 4.57. The first-order valence-electron chi connectivity index (χ1n) is 9.39. The second kappa shape index (κ2) is 6.82. The molecule has 1 aromatic heterocycles. The van der Waals surface area contributed by atoms with Crippen LogP contribution in [-0.2, 0) is 0 Å². The predicted molar refractivity (Wildman–Crippen MR) is 116 cm³/mol. The van der Waals surface area contributed by atoms with Gasteiger partial charge in [-0.1, -0.05) is 60.7 Å². The molecular formula is C26H19NO. The van der Waals surface area contributed by atoms with Crippen LogP contribution in [0.2, 0.25) is 0 Å². The lowest BCUT2D eigenvalue weighted by atomic mass is 9.98. The number of hydrogen-bond acceptors (Lipinski definition) is 2. The molecule has 0 spiro atoms. The SMILES string of the molecule is Cc1cnc(Oc2ccccc2)c2cc3cc(-c4ccccc4)ccc3cc12. The van der Waals surface area contributed by atoms with Crippen molar-refractivity contribution < 1.29 is 4.74 Å². The van der Waals surface area contributed by atoms with Gasteiger partial charge in [0.15, 0.2) is 0 Å². The standard InChI is InChI=1S/C26H19NO/c1-18-17-27-26(28-23-10-6-3-7-11-23)25-16-22-14-20(19-8-4-2-5-9-19)12-13-21(22)15-24(18)25/h2-17H,1H3. The van der Waals surface area contributed by atoms with Crippen molar-refractivity contribution in [2.45, 2.75) is 6.92 Å². The van der Waals surface area contributed by atoms with Gasteiger partial charge in [0.1, 0.15) is 5.75 Å². The Morgan fingerprint density at radius 1 is 0.643 bits per heavy atom. The van der Waals surface area contributed by atoms with E-state index in [2.05, 4.69) is 66.5 Å². The second-order valence-electron chi connectivity index (χ2n) is 6.99. The molecule has 5 aromatic rings. The van der Waals surface area contributed by atoms with Gasteiger partial charge in [0, 0.05) is 11.6 Å². The molecule has 0 radical (unpaired) electrons. The fourth-order valence-electron chi connectivity index (χ4n) is 3.59. The molecule has 4 aromatic carbocycles. The van der Waals surface area contributed by atoms with Crippen LogP contribution in [0, 0.1) is 6.92 Å². The zero-order chi connectivity index (χ0) is 18.9. The van der Waals surface area contributed by atoms with E-state index < -0.39 is 0 Å². The Kier molecular flexibility index (Phi) is 4.02. The number of ether oxygens (including phenoxy) is 1. The Hall–Kier alpha value is -3.65. The van der Waals surface area contributed by atoms with Crippen LogP contribution in [-0.4, -0.2) is 4.98 Å². The highest BCUT2D eigenvalue weighted by molar-refractivity contribution is 6.02. The van der Waals surface area contributed by atoms with Gasteiger partial charge in [0.25, 0.3) is 0 Å². The molecular weight excluding hydrogens is 342 g/mol. The molecule has 0 saturated carbocycles. The Morgan fingerprint density at radius 2 is 1.36 bits per heavy atom. The average Bonchev–Trinajstić information content (AvgIpc) is 2.76. The first-order chi connectivity index (χ1) is 13.8. The lowest BCUT2D eigenvalue weighted by molar-refractivity contribution is 0.469. The van der Waals surface area contributed by atoms with Crippen LogP contribution in [0.25, 0.3) is 32.7 Å². The van der Waals surface area contributed by atoms with E-state index in [-0.39, 0.29) is 0 Å². The van der Waals surface area contributed by atoms with Crippen molar-refractivity contribution in [1.29, 1.82) is 0 Å². The van der Waals surface area contributed by atoms with E-state index in [4.69, 9.17) is 4.74 Å². The summed E-state index contributed by atoms with van der Waals surface area (Å²) >= 11 is 0. The minimum atomic E-state index is 0.638. The predicted octanol–water partition coefficient (Wildman–Crippen LogP) is 7.16. The van der Waals surface area contributed by atoms with E-state index in [1.165, 1.54) is 27.3 Å². The van der Waals surface area contributed by atoms with Crippen LogP contribution >= 0.6 is 0 Å². The van der Waals surface area contributed by atoms with Crippen molar-refractivity contribution in [3.8, 4) is 22.8 Å². The molecule has 2 nitrogen and oxygen atoms in total. The van der Waals surface area contributed by atoms with Crippen LogP contribution in [0.1, 0.15) is 5.56 Å². The highest BCUT2D eigenvalue weighted by atomic mass is 16.5. The molecule has 5 rings (SSSR count). The van der Waals surface area contributed by atoms with Gasteiger partial charge in [-0.2, -0.15) is 0 Å². The fourth-order valence-corrected chi connectivity index (χ4v) is 3.59. The fraction of sp³-hybridized carbons (Fsp3) is 0.0385. The summed E-state index contributed by atoms with van der Waals surface area (Å²) in [6.07, 6.45) is 1.88. The molecule has 0 saturated heterocycles. The topological polar surface area (TPSA) is 22.1 Å². The minimum Gasteiger partial charge on any atom is -0.438 e. The number of benzene rings is 4. The van der Waals surface area contributed by atoms with Crippen molar-refractivity contribution >= 4 is 21.5 Å². The molecule has 0 bridgehead atoms. The Labute approximate surface area is 164 Å². The van der Waals surface area contributed by atoms with Gasteiger partial charge in [0.2, 0.25) is 5.88 Å². The van der Waals surface area contributed by atoms with Crippen molar-refractivity contribution in [3.63, 3.8) is 0 Å². The van der Waals surface area contributed by atoms with Crippen LogP contribution in [0.3, 0.4) is 0 Å². The Bertz CT molecular complexity index is 1280. The molecule has 0 aliphatic heterocycles. The number of aryl methyl sites for hydroxylation is 1. The molecule has 1 heterocycles. The Balaban J connectivity index is 1.69. The van der Waals surface area contributed by atoms with Crippen molar-refractivity contribution in [3.05, 3.63) is 103 Å². The summed E-state index contributed by atoms with van der Waals surface area (Å²) in [6.45, 7) is 2.09. The van der Waals surface area contributed by atoms with Gasteiger partial charge in [-0.25, -0.2) is 4.98 Å². The molecule has 0 fully saturated rings. The molecule has 0 atom stereocenters. The summed E-state index contributed by atoms with van der Waals surface area (Å²) in [5.74, 6) is 1.43. The molecule has 2 heteroatoms. The summed E-state index contributed by atoms with van der Waals surface area (Å²) < 4.78 is 6.10. The maximum atomic E-state index is 6.10. The second-order valence-corrected chi connectivity index (χ2v) is 6.99. The van der Waals surface area contributed by atoms with E-state index in [1.54, 1.807) is 0 Å². The third-order valence-electron chi connectivity index (χ3n) is 5.07. The first kappa shape index (κ1) is 16.5. The lowest BCUT2D eigenvalue weighted by Crippen LogP contribution is -1.92. The number of nitrogens with zero attached hydrogens (tertiary/aromatic N) is 1. The monoisotopic (exact) mass is 361 g/mol. The van der Waals surface area contributed by atoms with E-state index in [0.29, 0.717) is 5.88 Å². The van der Waals surface area contributed by atoms with Crippen LogP contribution in [0.15, 0.2) is 97.2 Å². The van der Waals surface area contributed by atoms with Gasteiger partial charge in [-0.3, -0.25) is 0 Å². The summed E-state index contributed by atoms with van der Waals surface area (Å²) in [6, 6.07) is 31.3. The van der Waals surface area contributed by atoms with E-state index in [1.807, 2.05) is 42.6 Å². The summed E-state index contributed by atoms with van der Waals surface area (Å²) in [5.41, 5.74) is 3.57. The normalized spacial score (nSPS) is 11.0. The van der Waals surface area contributed by atoms with E-state index in [0.717, 1.165) is 16.7 Å². The van der Waals surface area contributed by atoms with Gasteiger partial charge in [-0.15, -0.1) is 0 Å². The quantitative estimate of drug-likeness (QED) is 0.318. The smallest absolute Gasteiger partial charge is 0.227 e. The van der Waals surface area contributed by atoms with Gasteiger partial charge in [0.05, 0.1) is 0 Å². The number of aromatic nitrogens is 1. The van der Waals surface area contributed by atoms with E-state index >= 15 is 0 Å². The molecule has 0 N–H and O–H groups in total. The first-order valence-corrected chi connectivity index (χ1v) is 9.39. The van der Waals surface area contributed by atoms with Gasteiger partial charge >= 0.3 is 0 Å². The summed E-state index contributed by atoms with van der Waals surface area (Å²) in [7, 11) is 0. The zero-order valence-corrected chi connectivity index (χ0v) is 15.6.